The number of carbonyl (C=O) groups excluding carboxylic acids is 1. The maximum Gasteiger partial charge on any atom is 0.223 e. The first-order valence-corrected chi connectivity index (χ1v) is 7.50. The Hall–Kier alpha value is -0.570. The molecular formula is C15H29NO2. The molecule has 0 spiro atoms. The van der Waals surface area contributed by atoms with Crippen molar-refractivity contribution in [3.8, 4) is 0 Å². The van der Waals surface area contributed by atoms with Crippen molar-refractivity contribution < 1.29 is 9.90 Å². The van der Waals surface area contributed by atoms with Crippen LogP contribution in [0, 0.1) is 17.8 Å². The zero-order valence-electron chi connectivity index (χ0n) is 12.1. The van der Waals surface area contributed by atoms with Gasteiger partial charge in [-0.1, -0.05) is 27.2 Å². The number of hydrogen-bond donors (Lipinski definition) is 2. The van der Waals surface area contributed by atoms with Gasteiger partial charge in [-0.05, 0) is 43.9 Å². The van der Waals surface area contributed by atoms with Crippen molar-refractivity contribution in [2.75, 3.05) is 6.54 Å². The Labute approximate surface area is 111 Å². The lowest BCUT2D eigenvalue weighted by Gasteiger charge is -2.30. The molecule has 0 radical (unpaired) electrons. The van der Waals surface area contributed by atoms with Gasteiger partial charge < -0.3 is 10.4 Å². The van der Waals surface area contributed by atoms with Gasteiger partial charge in [-0.25, -0.2) is 0 Å². The van der Waals surface area contributed by atoms with E-state index in [1.807, 2.05) is 6.92 Å². The minimum Gasteiger partial charge on any atom is -0.391 e. The van der Waals surface area contributed by atoms with Gasteiger partial charge in [-0.3, -0.25) is 4.79 Å². The minimum absolute atomic E-state index is 0.146. The van der Waals surface area contributed by atoms with Crippen molar-refractivity contribution in [2.45, 2.75) is 65.4 Å². The summed E-state index contributed by atoms with van der Waals surface area (Å²) in [7, 11) is 0. The summed E-state index contributed by atoms with van der Waals surface area (Å²) >= 11 is 0. The van der Waals surface area contributed by atoms with Crippen LogP contribution < -0.4 is 5.32 Å². The Morgan fingerprint density at radius 1 is 1.28 bits per heavy atom. The molecule has 1 rings (SSSR count). The van der Waals surface area contributed by atoms with Crippen molar-refractivity contribution in [1.29, 1.82) is 0 Å². The first kappa shape index (κ1) is 15.5. The lowest BCUT2D eigenvalue weighted by atomic mass is 9.77. The largest absolute Gasteiger partial charge is 0.391 e. The molecule has 1 aliphatic rings. The molecule has 106 valence electrons. The summed E-state index contributed by atoms with van der Waals surface area (Å²) in [4.78, 5) is 12.0. The van der Waals surface area contributed by atoms with E-state index in [1.54, 1.807) is 0 Å². The first-order valence-electron chi connectivity index (χ1n) is 7.50. The van der Waals surface area contributed by atoms with Crippen LogP contribution >= 0.6 is 0 Å². The summed E-state index contributed by atoms with van der Waals surface area (Å²) in [6.45, 7) is 6.99. The van der Waals surface area contributed by atoms with Crippen LogP contribution in [-0.4, -0.2) is 23.7 Å². The molecule has 2 N–H and O–H groups in total. The maximum absolute atomic E-state index is 12.0. The number of hydrogen-bond acceptors (Lipinski definition) is 2. The van der Waals surface area contributed by atoms with Gasteiger partial charge in [-0.2, -0.15) is 0 Å². The highest BCUT2D eigenvalue weighted by molar-refractivity contribution is 5.78. The SMILES string of the molecule is CCCC(O)CNC(=O)C1CCC(C(C)C)CC1. The Morgan fingerprint density at radius 2 is 1.89 bits per heavy atom. The molecule has 3 heteroatoms. The monoisotopic (exact) mass is 255 g/mol. The van der Waals surface area contributed by atoms with Gasteiger partial charge >= 0.3 is 0 Å². The number of aliphatic hydroxyl groups excluding tert-OH is 1. The summed E-state index contributed by atoms with van der Waals surface area (Å²) in [6.07, 6.45) is 5.71. The van der Waals surface area contributed by atoms with Crippen LogP contribution in [0.2, 0.25) is 0 Å². The van der Waals surface area contributed by atoms with Crippen LogP contribution in [-0.2, 0) is 4.79 Å². The lowest BCUT2D eigenvalue weighted by Crippen LogP contribution is -2.38. The number of amides is 1. The van der Waals surface area contributed by atoms with Crippen molar-refractivity contribution in [3.05, 3.63) is 0 Å². The number of carbonyl (C=O) groups is 1. The van der Waals surface area contributed by atoms with Gasteiger partial charge in [0.05, 0.1) is 6.10 Å². The van der Waals surface area contributed by atoms with Crippen LogP contribution in [0.4, 0.5) is 0 Å². The molecule has 1 atom stereocenters. The van der Waals surface area contributed by atoms with E-state index in [1.165, 1.54) is 12.8 Å². The van der Waals surface area contributed by atoms with Crippen molar-refractivity contribution in [1.82, 2.24) is 5.32 Å². The molecule has 1 saturated carbocycles. The Bertz CT molecular complexity index is 245. The number of nitrogens with one attached hydrogen (secondary N) is 1. The summed E-state index contributed by atoms with van der Waals surface area (Å²) in [5.74, 6) is 1.85. The van der Waals surface area contributed by atoms with E-state index in [9.17, 15) is 9.90 Å². The van der Waals surface area contributed by atoms with Crippen LogP contribution in [0.1, 0.15) is 59.3 Å². The van der Waals surface area contributed by atoms with Gasteiger partial charge in [-0.15, -0.1) is 0 Å². The standard InChI is InChI=1S/C15H29NO2/c1-4-5-14(17)10-16-15(18)13-8-6-12(7-9-13)11(2)3/h11-14,17H,4-10H2,1-3H3,(H,16,18). The zero-order valence-corrected chi connectivity index (χ0v) is 12.1. The van der Waals surface area contributed by atoms with Crippen molar-refractivity contribution in [2.24, 2.45) is 17.8 Å². The molecule has 1 amide bonds. The van der Waals surface area contributed by atoms with Crippen LogP contribution in [0.5, 0.6) is 0 Å². The second kappa shape index (κ2) is 7.78. The van der Waals surface area contributed by atoms with Gasteiger partial charge in [0.1, 0.15) is 0 Å². The highest BCUT2D eigenvalue weighted by Gasteiger charge is 2.27. The molecule has 0 aliphatic heterocycles. The second-order valence-corrected chi connectivity index (χ2v) is 6.04. The Balaban J connectivity index is 2.23. The van der Waals surface area contributed by atoms with Crippen LogP contribution in [0.3, 0.4) is 0 Å². The normalized spacial score (nSPS) is 26.1. The molecular weight excluding hydrogens is 226 g/mol. The minimum atomic E-state index is -0.383. The predicted octanol–water partition coefficient (Wildman–Crippen LogP) is 2.73. The molecule has 0 aromatic rings. The third-order valence-corrected chi connectivity index (χ3v) is 4.22. The van der Waals surface area contributed by atoms with E-state index in [4.69, 9.17) is 0 Å². The molecule has 18 heavy (non-hydrogen) atoms. The molecule has 1 fully saturated rings. The van der Waals surface area contributed by atoms with E-state index in [0.29, 0.717) is 6.54 Å². The average molecular weight is 255 g/mol. The molecule has 0 aromatic heterocycles. The van der Waals surface area contributed by atoms with Gasteiger partial charge in [0.15, 0.2) is 0 Å². The molecule has 0 heterocycles. The molecule has 1 aliphatic carbocycles. The summed E-state index contributed by atoms with van der Waals surface area (Å²) in [5.41, 5.74) is 0. The quantitative estimate of drug-likeness (QED) is 0.766. The van der Waals surface area contributed by atoms with Gasteiger partial charge in [0.2, 0.25) is 5.91 Å². The van der Waals surface area contributed by atoms with Gasteiger partial charge in [0.25, 0.3) is 0 Å². The fraction of sp³-hybridized carbons (Fsp3) is 0.933. The third kappa shape index (κ3) is 4.97. The summed E-state index contributed by atoms with van der Waals surface area (Å²) in [5, 5.41) is 12.5. The smallest absolute Gasteiger partial charge is 0.223 e. The van der Waals surface area contributed by atoms with Crippen LogP contribution in [0.15, 0.2) is 0 Å². The van der Waals surface area contributed by atoms with E-state index in [0.717, 1.165) is 37.5 Å². The Kier molecular flexibility index (Phi) is 6.69. The van der Waals surface area contributed by atoms with E-state index < -0.39 is 0 Å². The molecule has 0 bridgehead atoms. The van der Waals surface area contributed by atoms with Crippen LogP contribution in [0.25, 0.3) is 0 Å². The third-order valence-electron chi connectivity index (χ3n) is 4.22. The summed E-state index contributed by atoms with van der Waals surface area (Å²) < 4.78 is 0. The first-order chi connectivity index (χ1) is 8.54. The Morgan fingerprint density at radius 3 is 2.39 bits per heavy atom. The van der Waals surface area contributed by atoms with Gasteiger partial charge in [0, 0.05) is 12.5 Å². The fourth-order valence-corrected chi connectivity index (χ4v) is 2.85. The second-order valence-electron chi connectivity index (χ2n) is 6.04. The molecule has 3 nitrogen and oxygen atoms in total. The summed E-state index contributed by atoms with van der Waals surface area (Å²) in [6, 6.07) is 0. The molecule has 0 aromatic carbocycles. The van der Waals surface area contributed by atoms with Crippen molar-refractivity contribution >= 4 is 5.91 Å². The highest BCUT2D eigenvalue weighted by Crippen LogP contribution is 2.33. The maximum atomic E-state index is 12.0. The fourth-order valence-electron chi connectivity index (χ4n) is 2.85. The average Bonchev–Trinajstić information content (AvgIpc) is 2.36. The number of rotatable bonds is 6. The molecule has 0 saturated heterocycles. The lowest BCUT2D eigenvalue weighted by molar-refractivity contribution is -0.126. The highest BCUT2D eigenvalue weighted by atomic mass is 16.3. The van der Waals surface area contributed by atoms with E-state index in [-0.39, 0.29) is 17.9 Å². The topological polar surface area (TPSA) is 49.3 Å². The van der Waals surface area contributed by atoms with E-state index in [2.05, 4.69) is 19.2 Å². The van der Waals surface area contributed by atoms with Crippen molar-refractivity contribution in [3.63, 3.8) is 0 Å². The zero-order chi connectivity index (χ0) is 13.5. The molecule has 1 unspecified atom stereocenters. The van der Waals surface area contributed by atoms with E-state index >= 15 is 0 Å². The number of aliphatic hydroxyl groups is 1. The predicted molar refractivity (Wildman–Crippen MR) is 74.2 cm³/mol.